The Labute approximate surface area is 82.6 Å². The SMILES string of the molecule is CN1CC(N)CCC1c1cncs1. The number of likely N-dealkylation sites (N-methyl/N-ethyl adjacent to an activating group) is 1. The van der Waals surface area contributed by atoms with Crippen molar-refractivity contribution in [3.8, 4) is 0 Å². The fourth-order valence-electron chi connectivity index (χ4n) is 1.93. The highest BCUT2D eigenvalue weighted by atomic mass is 32.1. The first-order valence-electron chi connectivity index (χ1n) is 4.61. The second kappa shape index (κ2) is 3.74. The number of rotatable bonds is 1. The zero-order chi connectivity index (χ0) is 9.26. The van der Waals surface area contributed by atoms with Crippen LogP contribution in [0.1, 0.15) is 23.8 Å². The lowest BCUT2D eigenvalue weighted by molar-refractivity contribution is 0.172. The molecule has 2 atom stereocenters. The van der Waals surface area contributed by atoms with Gasteiger partial charge in [-0.05, 0) is 19.9 Å². The molecule has 2 N–H and O–H groups in total. The van der Waals surface area contributed by atoms with Crippen LogP contribution in [0.3, 0.4) is 0 Å². The molecule has 1 aromatic rings. The van der Waals surface area contributed by atoms with Gasteiger partial charge in [-0.15, -0.1) is 11.3 Å². The van der Waals surface area contributed by atoms with Gasteiger partial charge in [-0.1, -0.05) is 0 Å². The Morgan fingerprint density at radius 1 is 1.62 bits per heavy atom. The van der Waals surface area contributed by atoms with Crippen LogP contribution in [0, 0.1) is 0 Å². The van der Waals surface area contributed by atoms with Crippen molar-refractivity contribution in [2.24, 2.45) is 5.73 Å². The van der Waals surface area contributed by atoms with E-state index in [1.165, 1.54) is 11.3 Å². The molecule has 2 unspecified atom stereocenters. The van der Waals surface area contributed by atoms with Crippen molar-refractivity contribution in [1.82, 2.24) is 9.88 Å². The predicted molar refractivity (Wildman–Crippen MR) is 54.7 cm³/mol. The Hall–Kier alpha value is -0.450. The molecule has 0 bridgehead atoms. The summed E-state index contributed by atoms with van der Waals surface area (Å²) in [6.45, 7) is 1.00. The minimum atomic E-state index is 0.356. The summed E-state index contributed by atoms with van der Waals surface area (Å²) < 4.78 is 0. The maximum atomic E-state index is 5.89. The molecule has 3 nitrogen and oxygen atoms in total. The van der Waals surface area contributed by atoms with E-state index in [1.807, 2.05) is 11.7 Å². The number of nitrogens with zero attached hydrogens (tertiary/aromatic N) is 2. The van der Waals surface area contributed by atoms with Gasteiger partial charge in [0.05, 0.1) is 5.51 Å². The Morgan fingerprint density at radius 2 is 2.46 bits per heavy atom. The Balaban J connectivity index is 2.08. The summed E-state index contributed by atoms with van der Waals surface area (Å²) in [4.78, 5) is 7.82. The van der Waals surface area contributed by atoms with Crippen LogP contribution in [-0.2, 0) is 0 Å². The highest BCUT2D eigenvalue weighted by molar-refractivity contribution is 7.09. The van der Waals surface area contributed by atoms with Crippen molar-refractivity contribution in [1.29, 1.82) is 0 Å². The Kier molecular flexibility index (Phi) is 2.62. The van der Waals surface area contributed by atoms with E-state index in [0.717, 1.165) is 13.0 Å². The zero-order valence-electron chi connectivity index (χ0n) is 7.81. The molecular formula is C9H15N3S. The first-order chi connectivity index (χ1) is 6.27. The fraction of sp³-hybridized carbons (Fsp3) is 0.667. The zero-order valence-corrected chi connectivity index (χ0v) is 8.63. The summed E-state index contributed by atoms with van der Waals surface area (Å²) in [6, 6.07) is 0.904. The van der Waals surface area contributed by atoms with Gasteiger partial charge in [0.2, 0.25) is 0 Å². The van der Waals surface area contributed by atoms with Crippen LogP contribution in [-0.4, -0.2) is 29.5 Å². The molecule has 2 heterocycles. The van der Waals surface area contributed by atoms with Gasteiger partial charge < -0.3 is 5.73 Å². The normalized spacial score (nSPS) is 30.6. The molecule has 1 aliphatic heterocycles. The molecule has 1 aliphatic rings. The van der Waals surface area contributed by atoms with Crippen LogP contribution in [0.15, 0.2) is 11.7 Å². The largest absolute Gasteiger partial charge is 0.327 e. The van der Waals surface area contributed by atoms with E-state index in [0.29, 0.717) is 12.1 Å². The fourth-order valence-corrected chi connectivity index (χ4v) is 2.75. The lowest BCUT2D eigenvalue weighted by atomic mass is 9.99. The molecule has 1 saturated heterocycles. The predicted octanol–water partition coefficient (Wildman–Crippen LogP) is 1.24. The summed E-state index contributed by atoms with van der Waals surface area (Å²) in [5, 5.41) is 0. The van der Waals surface area contributed by atoms with Gasteiger partial charge in [-0.2, -0.15) is 0 Å². The number of hydrogen-bond donors (Lipinski definition) is 1. The van der Waals surface area contributed by atoms with Crippen molar-refractivity contribution in [3.05, 3.63) is 16.6 Å². The minimum absolute atomic E-state index is 0.356. The molecule has 0 amide bonds. The van der Waals surface area contributed by atoms with Crippen molar-refractivity contribution in [2.45, 2.75) is 24.9 Å². The molecule has 0 aliphatic carbocycles. The average molecular weight is 197 g/mol. The van der Waals surface area contributed by atoms with E-state index in [9.17, 15) is 0 Å². The van der Waals surface area contributed by atoms with Crippen molar-refractivity contribution in [2.75, 3.05) is 13.6 Å². The smallest absolute Gasteiger partial charge is 0.0794 e. The van der Waals surface area contributed by atoms with Gasteiger partial charge in [-0.3, -0.25) is 9.88 Å². The molecule has 4 heteroatoms. The highest BCUT2D eigenvalue weighted by Crippen LogP contribution is 2.30. The molecule has 13 heavy (non-hydrogen) atoms. The van der Waals surface area contributed by atoms with Gasteiger partial charge >= 0.3 is 0 Å². The van der Waals surface area contributed by atoms with E-state index >= 15 is 0 Å². The van der Waals surface area contributed by atoms with Gasteiger partial charge in [0.15, 0.2) is 0 Å². The average Bonchev–Trinajstić information content (AvgIpc) is 2.56. The quantitative estimate of drug-likeness (QED) is 0.736. The third-order valence-electron chi connectivity index (χ3n) is 2.65. The monoisotopic (exact) mass is 197 g/mol. The summed E-state index contributed by atoms with van der Waals surface area (Å²) in [5.41, 5.74) is 7.79. The molecule has 1 aromatic heterocycles. The van der Waals surface area contributed by atoms with Crippen LogP contribution in [0.25, 0.3) is 0 Å². The molecule has 2 rings (SSSR count). The number of likely N-dealkylation sites (tertiary alicyclic amines) is 1. The number of hydrogen-bond acceptors (Lipinski definition) is 4. The second-order valence-corrected chi connectivity index (χ2v) is 4.61. The van der Waals surface area contributed by atoms with Gasteiger partial charge in [0, 0.05) is 29.7 Å². The summed E-state index contributed by atoms with van der Waals surface area (Å²) in [7, 11) is 2.14. The molecule has 0 spiro atoms. The lowest BCUT2D eigenvalue weighted by Crippen LogP contribution is -2.42. The molecule has 72 valence electrons. The molecular weight excluding hydrogens is 182 g/mol. The lowest BCUT2D eigenvalue weighted by Gasteiger charge is -2.34. The first kappa shape index (κ1) is 9.12. The Bertz CT molecular complexity index is 260. The number of thiazole rings is 1. The van der Waals surface area contributed by atoms with Crippen LogP contribution >= 0.6 is 11.3 Å². The summed E-state index contributed by atoms with van der Waals surface area (Å²) in [6.07, 6.45) is 4.27. The topological polar surface area (TPSA) is 42.1 Å². The maximum Gasteiger partial charge on any atom is 0.0794 e. The first-order valence-corrected chi connectivity index (χ1v) is 5.49. The van der Waals surface area contributed by atoms with Crippen LogP contribution in [0.4, 0.5) is 0 Å². The summed E-state index contributed by atoms with van der Waals surface area (Å²) in [5.74, 6) is 0. The summed E-state index contributed by atoms with van der Waals surface area (Å²) >= 11 is 1.74. The molecule has 0 radical (unpaired) electrons. The molecule has 1 fully saturated rings. The van der Waals surface area contributed by atoms with Crippen molar-refractivity contribution in [3.63, 3.8) is 0 Å². The second-order valence-electron chi connectivity index (χ2n) is 3.70. The van der Waals surface area contributed by atoms with Crippen LogP contribution in [0.2, 0.25) is 0 Å². The third kappa shape index (κ3) is 1.90. The number of piperidine rings is 1. The van der Waals surface area contributed by atoms with Gasteiger partial charge in [-0.25, -0.2) is 0 Å². The Morgan fingerprint density at radius 3 is 3.08 bits per heavy atom. The number of aromatic nitrogens is 1. The van der Waals surface area contributed by atoms with Crippen molar-refractivity contribution >= 4 is 11.3 Å². The maximum absolute atomic E-state index is 5.89. The van der Waals surface area contributed by atoms with E-state index in [-0.39, 0.29) is 0 Å². The molecule has 0 saturated carbocycles. The van der Waals surface area contributed by atoms with Gasteiger partial charge in [0.25, 0.3) is 0 Å². The molecule has 0 aromatic carbocycles. The van der Waals surface area contributed by atoms with E-state index < -0.39 is 0 Å². The third-order valence-corrected chi connectivity index (χ3v) is 3.52. The van der Waals surface area contributed by atoms with Crippen molar-refractivity contribution < 1.29 is 0 Å². The van der Waals surface area contributed by atoms with Gasteiger partial charge in [0.1, 0.15) is 0 Å². The van der Waals surface area contributed by atoms with E-state index in [4.69, 9.17) is 5.73 Å². The minimum Gasteiger partial charge on any atom is -0.327 e. The standard InChI is InChI=1S/C9H15N3S/c1-12-5-7(10)2-3-8(12)9-4-11-6-13-9/h4,6-8H,2-3,5,10H2,1H3. The van der Waals surface area contributed by atoms with Crippen LogP contribution in [0.5, 0.6) is 0 Å². The highest BCUT2D eigenvalue weighted by Gasteiger charge is 2.25. The van der Waals surface area contributed by atoms with E-state index in [1.54, 1.807) is 11.3 Å². The van der Waals surface area contributed by atoms with E-state index in [2.05, 4.69) is 16.9 Å². The number of nitrogens with two attached hydrogens (primary N) is 1. The van der Waals surface area contributed by atoms with Crippen LogP contribution < -0.4 is 5.73 Å².